The van der Waals surface area contributed by atoms with Crippen molar-refractivity contribution >= 4 is 29.2 Å². The number of pyridine rings is 1. The molecule has 30 heavy (non-hydrogen) atoms. The number of hydrogen-bond donors (Lipinski definition) is 0. The highest BCUT2D eigenvalue weighted by atomic mass is 35.5. The lowest BCUT2D eigenvalue weighted by atomic mass is 10.1. The Morgan fingerprint density at radius 2 is 1.57 bits per heavy atom. The lowest BCUT2D eigenvalue weighted by molar-refractivity contribution is 0.311. The van der Waals surface area contributed by atoms with Crippen LogP contribution in [-0.4, -0.2) is 79.3 Å². The molecule has 0 N–H and O–H groups in total. The summed E-state index contributed by atoms with van der Waals surface area (Å²) >= 11 is 6.30. The maximum atomic E-state index is 9.64. The van der Waals surface area contributed by atoms with Gasteiger partial charge in [0.15, 0.2) is 0 Å². The van der Waals surface area contributed by atoms with Crippen LogP contribution in [0.4, 0.5) is 17.6 Å². The van der Waals surface area contributed by atoms with Crippen molar-refractivity contribution in [2.75, 3.05) is 74.1 Å². The zero-order chi connectivity index (χ0) is 21.3. The fraction of sp³-hybridized carbons (Fsp3) is 0.524. The summed E-state index contributed by atoms with van der Waals surface area (Å²) < 4.78 is 0. The summed E-state index contributed by atoms with van der Waals surface area (Å²) in [4.78, 5) is 23.0. The molecule has 2 aromatic heterocycles. The Morgan fingerprint density at radius 3 is 2.23 bits per heavy atom. The fourth-order valence-corrected chi connectivity index (χ4v) is 4.13. The van der Waals surface area contributed by atoms with E-state index in [1.807, 2.05) is 26.1 Å². The van der Waals surface area contributed by atoms with Crippen molar-refractivity contribution in [2.45, 2.75) is 13.8 Å². The van der Waals surface area contributed by atoms with E-state index < -0.39 is 0 Å². The molecule has 4 rings (SSSR count). The number of aryl methyl sites for hydroxylation is 1. The van der Waals surface area contributed by atoms with Crippen LogP contribution in [0.25, 0.3) is 0 Å². The van der Waals surface area contributed by atoms with Crippen molar-refractivity contribution in [2.24, 2.45) is 0 Å². The third-order valence-corrected chi connectivity index (χ3v) is 6.51. The molecule has 158 valence electrons. The average Bonchev–Trinajstić information content (AvgIpc) is 2.78. The molecule has 2 aromatic rings. The van der Waals surface area contributed by atoms with Gasteiger partial charge in [-0.15, -0.1) is 0 Å². The van der Waals surface area contributed by atoms with Gasteiger partial charge in [0.25, 0.3) is 0 Å². The van der Waals surface area contributed by atoms with Crippen LogP contribution in [-0.2, 0) is 0 Å². The van der Waals surface area contributed by atoms with E-state index in [-0.39, 0.29) is 0 Å². The van der Waals surface area contributed by atoms with E-state index in [4.69, 9.17) is 16.6 Å². The molecule has 2 fully saturated rings. The molecule has 0 spiro atoms. The number of piperazine rings is 2. The van der Waals surface area contributed by atoms with E-state index in [2.05, 4.69) is 42.7 Å². The summed E-state index contributed by atoms with van der Waals surface area (Å²) in [6.07, 6.45) is 1.85. The highest BCUT2D eigenvalue weighted by Crippen LogP contribution is 2.30. The predicted octanol–water partition coefficient (Wildman–Crippen LogP) is 2.09. The summed E-state index contributed by atoms with van der Waals surface area (Å²) in [6.45, 7) is 10.9. The maximum Gasteiger partial charge on any atom is 0.227 e. The Labute approximate surface area is 182 Å². The van der Waals surface area contributed by atoms with Crippen LogP contribution < -0.4 is 14.7 Å². The predicted molar refractivity (Wildman–Crippen MR) is 120 cm³/mol. The Hall–Kier alpha value is -2.63. The standard InChI is InChI=1S/C21H27ClN8/c1-15-17(14-23)20(25-16(2)19(15)22)29-12-10-28(11-13-29)18-4-5-24-21(26-18)30-8-6-27(3)7-9-30/h4-5H,6-13H2,1-3H3. The maximum absolute atomic E-state index is 9.64. The second-order valence-corrected chi connectivity index (χ2v) is 8.30. The van der Waals surface area contributed by atoms with Crippen LogP contribution in [0, 0.1) is 25.2 Å². The van der Waals surface area contributed by atoms with Crippen molar-refractivity contribution in [3.8, 4) is 6.07 Å². The molecule has 0 saturated carbocycles. The lowest BCUT2D eigenvalue weighted by Gasteiger charge is -2.37. The molecule has 2 aliphatic rings. The third-order valence-electron chi connectivity index (χ3n) is 5.95. The first-order valence-electron chi connectivity index (χ1n) is 10.3. The number of rotatable bonds is 3. The van der Waals surface area contributed by atoms with E-state index in [1.54, 1.807) is 0 Å². The highest BCUT2D eigenvalue weighted by Gasteiger charge is 2.24. The van der Waals surface area contributed by atoms with E-state index >= 15 is 0 Å². The number of likely N-dealkylation sites (N-methyl/N-ethyl adjacent to an activating group) is 1. The zero-order valence-corrected chi connectivity index (χ0v) is 18.5. The van der Waals surface area contributed by atoms with Gasteiger partial charge in [0.1, 0.15) is 17.7 Å². The normalized spacial score (nSPS) is 17.9. The van der Waals surface area contributed by atoms with Crippen LogP contribution in [0.1, 0.15) is 16.8 Å². The lowest BCUT2D eigenvalue weighted by Crippen LogP contribution is -2.48. The van der Waals surface area contributed by atoms with Crippen LogP contribution >= 0.6 is 11.6 Å². The van der Waals surface area contributed by atoms with Gasteiger partial charge in [-0.05, 0) is 32.5 Å². The van der Waals surface area contributed by atoms with Crippen molar-refractivity contribution in [3.63, 3.8) is 0 Å². The van der Waals surface area contributed by atoms with Gasteiger partial charge in [0.2, 0.25) is 5.95 Å². The fourth-order valence-electron chi connectivity index (χ4n) is 4.00. The van der Waals surface area contributed by atoms with Gasteiger partial charge in [0, 0.05) is 58.6 Å². The summed E-state index contributed by atoms with van der Waals surface area (Å²) in [7, 11) is 2.14. The van der Waals surface area contributed by atoms with Crippen molar-refractivity contribution in [1.82, 2.24) is 19.9 Å². The van der Waals surface area contributed by atoms with Gasteiger partial charge in [0.05, 0.1) is 16.3 Å². The van der Waals surface area contributed by atoms with Gasteiger partial charge >= 0.3 is 0 Å². The van der Waals surface area contributed by atoms with Crippen LogP contribution in [0.5, 0.6) is 0 Å². The van der Waals surface area contributed by atoms with Crippen molar-refractivity contribution < 1.29 is 0 Å². The van der Waals surface area contributed by atoms with Gasteiger partial charge in [-0.3, -0.25) is 0 Å². The molecule has 0 bridgehead atoms. The summed E-state index contributed by atoms with van der Waals surface area (Å²) in [5.74, 6) is 2.49. The second-order valence-electron chi connectivity index (χ2n) is 7.93. The minimum atomic E-state index is 0.568. The molecule has 2 saturated heterocycles. The largest absolute Gasteiger partial charge is 0.353 e. The molecule has 2 aliphatic heterocycles. The first-order valence-corrected chi connectivity index (χ1v) is 10.7. The Kier molecular flexibility index (Phi) is 5.93. The summed E-state index contributed by atoms with van der Waals surface area (Å²) in [5, 5.41) is 10.2. The molecule has 0 aliphatic carbocycles. The van der Waals surface area contributed by atoms with Crippen molar-refractivity contribution in [3.05, 3.63) is 34.1 Å². The molecule has 4 heterocycles. The van der Waals surface area contributed by atoms with E-state index in [0.29, 0.717) is 10.6 Å². The number of halogens is 1. The number of anilines is 3. The first-order chi connectivity index (χ1) is 14.5. The van der Waals surface area contributed by atoms with Crippen molar-refractivity contribution in [1.29, 1.82) is 5.26 Å². The molecule has 0 radical (unpaired) electrons. The Balaban J connectivity index is 1.47. The molecular weight excluding hydrogens is 400 g/mol. The minimum Gasteiger partial charge on any atom is -0.353 e. The number of aromatic nitrogens is 3. The molecule has 0 atom stereocenters. The molecule has 0 amide bonds. The minimum absolute atomic E-state index is 0.568. The van der Waals surface area contributed by atoms with Gasteiger partial charge < -0.3 is 19.6 Å². The third kappa shape index (κ3) is 4.00. The van der Waals surface area contributed by atoms with Crippen LogP contribution in [0.15, 0.2) is 12.3 Å². The van der Waals surface area contributed by atoms with E-state index in [0.717, 1.165) is 81.2 Å². The smallest absolute Gasteiger partial charge is 0.227 e. The number of hydrogen-bond acceptors (Lipinski definition) is 8. The van der Waals surface area contributed by atoms with E-state index in [9.17, 15) is 5.26 Å². The van der Waals surface area contributed by atoms with Gasteiger partial charge in [-0.1, -0.05) is 11.6 Å². The van der Waals surface area contributed by atoms with Gasteiger partial charge in [-0.2, -0.15) is 10.2 Å². The monoisotopic (exact) mass is 426 g/mol. The molecular formula is C21H27ClN8. The molecule has 9 heteroatoms. The second kappa shape index (κ2) is 8.62. The zero-order valence-electron chi connectivity index (χ0n) is 17.8. The quantitative estimate of drug-likeness (QED) is 0.738. The molecule has 0 unspecified atom stereocenters. The number of nitriles is 1. The topological polar surface area (TPSA) is 75.4 Å². The molecule has 8 nitrogen and oxygen atoms in total. The summed E-state index contributed by atoms with van der Waals surface area (Å²) in [6, 6.07) is 4.26. The van der Waals surface area contributed by atoms with Crippen LogP contribution in [0.3, 0.4) is 0 Å². The Bertz CT molecular complexity index is 956. The average molecular weight is 427 g/mol. The van der Waals surface area contributed by atoms with Gasteiger partial charge in [-0.25, -0.2) is 9.97 Å². The van der Waals surface area contributed by atoms with E-state index in [1.165, 1.54) is 0 Å². The first kappa shape index (κ1) is 20.6. The molecule has 0 aromatic carbocycles. The summed E-state index contributed by atoms with van der Waals surface area (Å²) in [5.41, 5.74) is 2.13. The SMILES string of the molecule is Cc1nc(N2CCN(c3ccnc(N4CCN(C)CC4)n3)CC2)c(C#N)c(C)c1Cl. The Morgan fingerprint density at radius 1 is 0.933 bits per heavy atom. The highest BCUT2D eigenvalue weighted by molar-refractivity contribution is 6.32. The van der Waals surface area contributed by atoms with Crippen LogP contribution in [0.2, 0.25) is 5.02 Å². The number of nitrogens with zero attached hydrogens (tertiary/aromatic N) is 8.